The molecule has 0 radical (unpaired) electrons. The van der Waals surface area contributed by atoms with Crippen LogP contribution >= 0.6 is 11.3 Å². The van der Waals surface area contributed by atoms with Gasteiger partial charge in [-0.25, -0.2) is 9.37 Å². The van der Waals surface area contributed by atoms with Crippen LogP contribution in [0.4, 0.5) is 4.39 Å². The van der Waals surface area contributed by atoms with E-state index >= 15 is 0 Å². The van der Waals surface area contributed by atoms with Gasteiger partial charge in [0, 0.05) is 23.2 Å². The Balaban J connectivity index is 1.97. The van der Waals surface area contributed by atoms with Crippen molar-refractivity contribution in [2.45, 2.75) is 26.4 Å². The van der Waals surface area contributed by atoms with E-state index in [2.05, 4.69) is 10.3 Å². The van der Waals surface area contributed by atoms with Gasteiger partial charge < -0.3 is 5.32 Å². The van der Waals surface area contributed by atoms with Crippen LogP contribution in [0.25, 0.3) is 0 Å². The lowest BCUT2D eigenvalue weighted by Crippen LogP contribution is -2.18. The molecule has 17 heavy (non-hydrogen) atoms. The Morgan fingerprint density at radius 1 is 1.41 bits per heavy atom. The maximum Gasteiger partial charge on any atom is 0.127 e. The molecular formula is C13H15FN2S. The van der Waals surface area contributed by atoms with Crippen molar-refractivity contribution in [1.82, 2.24) is 10.3 Å². The summed E-state index contributed by atoms with van der Waals surface area (Å²) < 4.78 is 13.4. The topological polar surface area (TPSA) is 24.9 Å². The number of nitrogens with zero attached hydrogens (tertiary/aromatic N) is 1. The van der Waals surface area contributed by atoms with E-state index in [1.165, 1.54) is 10.9 Å². The first-order valence-electron chi connectivity index (χ1n) is 5.56. The van der Waals surface area contributed by atoms with Gasteiger partial charge in [0.25, 0.3) is 0 Å². The Labute approximate surface area is 105 Å². The Morgan fingerprint density at radius 2 is 2.18 bits per heavy atom. The van der Waals surface area contributed by atoms with E-state index in [1.807, 2.05) is 26.1 Å². The zero-order valence-electron chi connectivity index (χ0n) is 9.90. The van der Waals surface area contributed by atoms with Gasteiger partial charge >= 0.3 is 0 Å². The minimum absolute atomic E-state index is 0.147. The highest BCUT2D eigenvalue weighted by atomic mass is 32.1. The third-order valence-electron chi connectivity index (χ3n) is 2.57. The van der Waals surface area contributed by atoms with Crippen LogP contribution in [-0.2, 0) is 6.54 Å². The zero-order valence-corrected chi connectivity index (χ0v) is 10.7. The quantitative estimate of drug-likeness (QED) is 0.899. The summed E-state index contributed by atoms with van der Waals surface area (Å²) in [5.41, 5.74) is 0.688. The normalized spacial score (nSPS) is 12.6. The zero-order chi connectivity index (χ0) is 12.3. The van der Waals surface area contributed by atoms with Crippen molar-refractivity contribution in [3.05, 3.63) is 51.7 Å². The van der Waals surface area contributed by atoms with E-state index in [0.717, 1.165) is 5.01 Å². The van der Waals surface area contributed by atoms with Gasteiger partial charge in [-0.3, -0.25) is 0 Å². The molecule has 0 fully saturated rings. The van der Waals surface area contributed by atoms with Gasteiger partial charge in [0.15, 0.2) is 0 Å². The number of aryl methyl sites for hydroxylation is 1. The molecule has 1 atom stereocenters. The van der Waals surface area contributed by atoms with Crippen LogP contribution in [0.15, 0.2) is 30.5 Å². The Morgan fingerprint density at radius 3 is 2.82 bits per heavy atom. The minimum atomic E-state index is -0.164. The number of benzene rings is 1. The Kier molecular flexibility index (Phi) is 3.86. The highest BCUT2D eigenvalue weighted by Crippen LogP contribution is 2.19. The first-order valence-corrected chi connectivity index (χ1v) is 6.37. The molecule has 1 aromatic carbocycles. The summed E-state index contributed by atoms with van der Waals surface area (Å²) in [6.07, 6.45) is 1.86. The first-order chi connectivity index (χ1) is 8.16. The second-order valence-corrected chi connectivity index (χ2v) is 5.27. The molecule has 0 bridgehead atoms. The molecule has 0 saturated heterocycles. The number of hydrogen-bond donors (Lipinski definition) is 1. The number of hydrogen-bond acceptors (Lipinski definition) is 3. The monoisotopic (exact) mass is 250 g/mol. The van der Waals surface area contributed by atoms with Crippen molar-refractivity contribution in [3.8, 4) is 0 Å². The second kappa shape index (κ2) is 5.38. The average molecular weight is 250 g/mol. The molecule has 0 saturated carbocycles. The van der Waals surface area contributed by atoms with Crippen molar-refractivity contribution in [3.63, 3.8) is 0 Å². The predicted molar refractivity (Wildman–Crippen MR) is 68.5 cm³/mol. The fraction of sp³-hybridized carbons (Fsp3) is 0.308. The van der Waals surface area contributed by atoms with Crippen molar-refractivity contribution in [2.75, 3.05) is 0 Å². The molecule has 1 N–H and O–H groups in total. The van der Waals surface area contributed by atoms with Crippen LogP contribution in [-0.4, -0.2) is 4.98 Å². The summed E-state index contributed by atoms with van der Waals surface area (Å²) in [4.78, 5) is 5.51. The van der Waals surface area contributed by atoms with E-state index in [4.69, 9.17) is 0 Å². The van der Waals surface area contributed by atoms with Crippen LogP contribution in [0.2, 0.25) is 0 Å². The third kappa shape index (κ3) is 3.11. The fourth-order valence-corrected chi connectivity index (χ4v) is 2.37. The number of nitrogens with one attached hydrogen (secondary N) is 1. The lowest BCUT2D eigenvalue weighted by molar-refractivity contribution is 0.542. The molecule has 0 aliphatic rings. The van der Waals surface area contributed by atoms with Crippen LogP contribution in [0.5, 0.6) is 0 Å². The Hall–Kier alpha value is -1.26. The van der Waals surface area contributed by atoms with Gasteiger partial charge in [0.05, 0.1) is 6.04 Å². The maximum atomic E-state index is 13.4. The van der Waals surface area contributed by atoms with Gasteiger partial charge in [0.2, 0.25) is 0 Å². The van der Waals surface area contributed by atoms with Gasteiger partial charge in [-0.2, -0.15) is 0 Å². The van der Waals surface area contributed by atoms with E-state index in [-0.39, 0.29) is 11.9 Å². The highest BCUT2D eigenvalue weighted by molar-refractivity contribution is 7.11. The van der Waals surface area contributed by atoms with E-state index in [1.54, 1.807) is 23.5 Å². The molecule has 0 amide bonds. The molecular weight excluding hydrogens is 235 g/mol. The summed E-state index contributed by atoms with van der Waals surface area (Å²) >= 11 is 1.67. The fourth-order valence-electron chi connectivity index (χ4n) is 1.56. The molecule has 2 nitrogen and oxygen atoms in total. The number of rotatable bonds is 4. The maximum absolute atomic E-state index is 13.4. The summed E-state index contributed by atoms with van der Waals surface area (Å²) in [6.45, 7) is 4.59. The van der Waals surface area contributed by atoms with Crippen LogP contribution < -0.4 is 5.32 Å². The van der Waals surface area contributed by atoms with E-state index in [0.29, 0.717) is 12.1 Å². The number of aromatic nitrogens is 1. The van der Waals surface area contributed by atoms with Gasteiger partial charge in [-0.1, -0.05) is 18.2 Å². The van der Waals surface area contributed by atoms with Crippen LogP contribution in [0.3, 0.4) is 0 Å². The Bertz CT molecular complexity index is 496. The van der Waals surface area contributed by atoms with Crippen molar-refractivity contribution >= 4 is 11.3 Å². The van der Waals surface area contributed by atoms with Crippen molar-refractivity contribution in [2.24, 2.45) is 0 Å². The highest BCUT2D eigenvalue weighted by Gasteiger charge is 2.09. The molecule has 90 valence electrons. The molecule has 1 unspecified atom stereocenters. The molecule has 0 aliphatic carbocycles. The third-order valence-corrected chi connectivity index (χ3v) is 3.66. The first kappa shape index (κ1) is 12.2. The summed E-state index contributed by atoms with van der Waals surface area (Å²) in [6, 6.07) is 6.97. The minimum Gasteiger partial charge on any atom is -0.304 e. The summed E-state index contributed by atoms with van der Waals surface area (Å²) in [5.74, 6) is -0.164. The van der Waals surface area contributed by atoms with Gasteiger partial charge in [0.1, 0.15) is 10.8 Å². The molecule has 4 heteroatoms. The second-order valence-electron chi connectivity index (χ2n) is 4.00. The largest absolute Gasteiger partial charge is 0.304 e. The lowest BCUT2D eigenvalue weighted by Gasteiger charge is -2.11. The molecule has 0 spiro atoms. The van der Waals surface area contributed by atoms with E-state index in [9.17, 15) is 4.39 Å². The van der Waals surface area contributed by atoms with Crippen LogP contribution in [0.1, 0.15) is 28.4 Å². The smallest absolute Gasteiger partial charge is 0.127 e. The molecule has 1 heterocycles. The number of thiazole rings is 1. The molecule has 1 aromatic heterocycles. The van der Waals surface area contributed by atoms with E-state index < -0.39 is 0 Å². The summed E-state index contributed by atoms with van der Waals surface area (Å²) in [5, 5.41) is 4.32. The van der Waals surface area contributed by atoms with Crippen molar-refractivity contribution < 1.29 is 4.39 Å². The molecule has 0 aliphatic heterocycles. The van der Waals surface area contributed by atoms with Crippen LogP contribution in [0, 0.1) is 12.7 Å². The predicted octanol–water partition coefficient (Wildman–Crippen LogP) is 3.44. The molecule has 2 aromatic rings. The van der Waals surface area contributed by atoms with Gasteiger partial charge in [-0.05, 0) is 19.9 Å². The summed E-state index contributed by atoms with van der Waals surface area (Å²) in [7, 11) is 0. The average Bonchev–Trinajstić information content (AvgIpc) is 2.74. The van der Waals surface area contributed by atoms with Crippen molar-refractivity contribution in [1.29, 1.82) is 0 Å². The SMILES string of the molecule is Cc1cnc(C(C)NCc2ccccc2F)s1. The molecule has 2 rings (SSSR count). The number of halogens is 1. The van der Waals surface area contributed by atoms with Gasteiger partial charge in [-0.15, -0.1) is 11.3 Å². The standard InChI is InChI=1S/C13H15FN2S/c1-9-7-16-13(17-9)10(2)15-8-11-5-3-4-6-12(11)14/h3-7,10,15H,8H2,1-2H3. The lowest BCUT2D eigenvalue weighted by atomic mass is 10.2.